The van der Waals surface area contributed by atoms with Gasteiger partial charge in [-0.3, -0.25) is 4.90 Å². The molecule has 0 bridgehead atoms. The third-order valence-electron chi connectivity index (χ3n) is 4.02. The molecule has 0 aliphatic heterocycles. The van der Waals surface area contributed by atoms with E-state index in [0.29, 0.717) is 5.82 Å². The van der Waals surface area contributed by atoms with Crippen molar-refractivity contribution < 1.29 is 0 Å². The van der Waals surface area contributed by atoms with E-state index in [1.54, 1.807) is 0 Å². The Morgan fingerprint density at radius 2 is 1.62 bits per heavy atom. The molecule has 0 unspecified atom stereocenters. The van der Waals surface area contributed by atoms with Gasteiger partial charge in [-0.2, -0.15) is 0 Å². The van der Waals surface area contributed by atoms with Crippen molar-refractivity contribution in [2.45, 2.75) is 13.8 Å². The maximum Gasteiger partial charge on any atom is 0.108 e. The fourth-order valence-electron chi connectivity index (χ4n) is 2.79. The summed E-state index contributed by atoms with van der Waals surface area (Å²) in [4.78, 5) is 2.10. The first kappa shape index (κ1) is 15.9. The Bertz CT molecular complexity index is 884. The molecular weight excluding hydrogens is 292 g/mol. The van der Waals surface area contributed by atoms with Crippen LogP contribution >= 0.6 is 0 Å². The minimum Gasteiger partial charge on any atom is -0.385 e. The number of allylic oxidation sites excluding steroid dienone is 3. The average molecular weight is 314 g/mol. The Kier molecular flexibility index (Phi) is 4.66. The predicted octanol–water partition coefficient (Wildman–Crippen LogP) is 5.66. The van der Waals surface area contributed by atoms with Crippen molar-refractivity contribution in [2.24, 2.45) is 5.73 Å². The van der Waals surface area contributed by atoms with Crippen LogP contribution in [-0.2, 0) is 0 Å². The van der Waals surface area contributed by atoms with Gasteiger partial charge in [0.05, 0.1) is 5.69 Å². The van der Waals surface area contributed by atoms with Crippen LogP contribution in [0.1, 0.15) is 12.5 Å². The molecule has 0 aliphatic carbocycles. The molecule has 0 atom stereocenters. The highest BCUT2D eigenvalue weighted by atomic mass is 15.2. The van der Waals surface area contributed by atoms with Gasteiger partial charge in [0.2, 0.25) is 0 Å². The normalized spacial score (nSPS) is 12.0. The molecule has 0 heterocycles. The van der Waals surface area contributed by atoms with Crippen LogP contribution in [0.15, 0.2) is 90.8 Å². The van der Waals surface area contributed by atoms with E-state index in [9.17, 15) is 0 Å². The molecule has 2 heteroatoms. The Balaban J connectivity index is 2.22. The lowest BCUT2D eigenvalue weighted by molar-refractivity contribution is 1.13. The Morgan fingerprint density at radius 3 is 2.38 bits per heavy atom. The summed E-state index contributed by atoms with van der Waals surface area (Å²) >= 11 is 0. The average Bonchev–Trinajstić information content (AvgIpc) is 2.62. The highest BCUT2D eigenvalue weighted by molar-refractivity contribution is 5.97. The topological polar surface area (TPSA) is 29.3 Å². The van der Waals surface area contributed by atoms with Gasteiger partial charge in [-0.25, -0.2) is 0 Å². The van der Waals surface area contributed by atoms with Gasteiger partial charge in [0, 0.05) is 11.1 Å². The molecule has 3 aromatic rings. The number of hydrogen-bond acceptors (Lipinski definition) is 2. The van der Waals surface area contributed by atoms with Crippen LogP contribution in [0, 0.1) is 6.92 Å². The molecule has 0 saturated heterocycles. The van der Waals surface area contributed by atoms with Crippen molar-refractivity contribution in [1.82, 2.24) is 0 Å². The summed E-state index contributed by atoms with van der Waals surface area (Å²) in [5.41, 5.74) is 9.79. The van der Waals surface area contributed by atoms with Crippen LogP contribution in [0.3, 0.4) is 0 Å². The summed E-state index contributed by atoms with van der Waals surface area (Å²) < 4.78 is 0. The molecule has 3 rings (SSSR count). The van der Waals surface area contributed by atoms with Gasteiger partial charge in [-0.05, 0) is 43.5 Å². The first-order valence-corrected chi connectivity index (χ1v) is 8.13. The van der Waals surface area contributed by atoms with Crippen LogP contribution in [-0.4, -0.2) is 0 Å². The monoisotopic (exact) mass is 314 g/mol. The molecule has 0 spiro atoms. The zero-order valence-electron chi connectivity index (χ0n) is 14.1. The highest BCUT2D eigenvalue weighted by Crippen LogP contribution is 2.34. The van der Waals surface area contributed by atoms with Crippen LogP contribution < -0.4 is 10.6 Å². The predicted molar refractivity (Wildman–Crippen MR) is 104 cm³/mol. The third kappa shape index (κ3) is 3.18. The molecule has 3 aromatic carbocycles. The Labute approximate surface area is 143 Å². The summed E-state index contributed by atoms with van der Waals surface area (Å²) in [6.07, 6.45) is 5.87. The fourth-order valence-corrected chi connectivity index (χ4v) is 2.79. The molecule has 0 fully saturated rings. The molecule has 0 saturated carbocycles. The second-order valence-corrected chi connectivity index (χ2v) is 5.79. The molecule has 0 aromatic heterocycles. The zero-order chi connectivity index (χ0) is 16.9. The number of aryl methyl sites for hydroxylation is 1. The van der Waals surface area contributed by atoms with Crippen molar-refractivity contribution in [3.05, 3.63) is 96.3 Å². The molecule has 2 N–H and O–H groups in total. The van der Waals surface area contributed by atoms with Crippen molar-refractivity contribution in [3.63, 3.8) is 0 Å². The number of rotatable bonds is 4. The molecule has 24 heavy (non-hydrogen) atoms. The number of hydrogen-bond donors (Lipinski definition) is 1. The summed E-state index contributed by atoms with van der Waals surface area (Å²) in [6.45, 7) is 4.07. The Morgan fingerprint density at radius 1 is 0.917 bits per heavy atom. The number of fused-ring (bicyclic) bond motifs is 1. The molecule has 0 radical (unpaired) electrons. The maximum absolute atomic E-state index is 6.43. The number of nitrogens with two attached hydrogens (primary N) is 1. The van der Waals surface area contributed by atoms with Crippen LogP contribution in [0.4, 0.5) is 11.4 Å². The number of nitrogens with zero attached hydrogens (tertiary/aromatic N) is 1. The van der Waals surface area contributed by atoms with E-state index in [0.717, 1.165) is 11.4 Å². The van der Waals surface area contributed by atoms with Gasteiger partial charge in [0.1, 0.15) is 5.82 Å². The third-order valence-corrected chi connectivity index (χ3v) is 4.02. The molecule has 0 amide bonds. The van der Waals surface area contributed by atoms with E-state index in [2.05, 4.69) is 78.6 Å². The lowest BCUT2D eigenvalue weighted by Crippen LogP contribution is -2.22. The second kappa shape index (κ2) is 7.05. The molecular formula is C22H22N2. The number of benzene rings is 3. The minimum absolute atomic E-state index is 0.688. The van der Waals surface area contributed by atoms with Crippen LogP contribution in [0.25, 0.3) is 10.8 Å². The summed E-state index contributed by atoms with van der Waals surface area (Å²) in [6, 6.07) is 23.1. The summed E-state index contributed by atoms with van der Waals surface area (Å²) in [5.74, 6) is 0.688. The Hall–Kier alpha value is -3.00. The lowest BCUT2D eigenvalue weighted by Gasteiger charge is -2.26. The summed E-state index contributed by atoms with van der Waals surface area (Å²) in [7, 11) is 0. The SMILES string of the molecule is C/C=C\C=C(/N)N(c1ccc(C)cc1)c1cccc2ccccc12. The first-order chi connectivity index (χ1) is 11.7. The lowest BCUT2D eigenvalue weighted by atomic mass is 10.1. The maximum atomic E-state index is 6.43. The van der Waals surface area contributed by atoms with Crippen molar-refractivity contribution >= 4 is 22.1 Å². The van der Waals surface area contributed by atoms with Gasteiger partial charge in [0.25, 0.3) is 0 Å². The highest BCUT2D eigenvalue weighted by Gasteiger charge is 2.14. The quantitative estimate of drug-likeness (QED) is 0.629. The van der Waals surface area contributed by atoms with Gasteiger partial charge in [-0.1, -0.05) is 66.2 Å². The fraction of sp³-hybridized carbons (Fsp3) is 0.0909. The standard InChI is InChI=1S/C22H22N2/c1-3-4-12-22(23)24(19-15-13-17(2)14-16-19)21-11-7-9-18-8-5-6-10-20(18)21/h3-16H,23H2,1-2H3/b4-3-,22-12+. The van der Waals surface area contributed by atoms with Gasteiger partial charge in [-0.15, -0.1) is 0 Å². The summed E-state index contributed by atoms with van der Waals surface area (Å²) in [5, 5.41) is 2.38. The van der Waals surface area contributed by atoms with E-state index in [1.165, 1.54) is 16.3 Å². The minimum atomic E-state index is 0.688. The first-order valence-electron chi connectivity index (χ1n) is 8.13. The zero-order valence-corrected chi connectivity index (χ0v) is 14.1. The number of anilines is 2. The van der Waals surface area contributed by atoms with Gasteiger partial charge >= 0.3 is 0 Å². The smallest absolute Gasteiger partial charge is 0.108 e. The van der Waals surface area contributed by atoms with Crippen molar-refractivity contribution in [2.75, 3.05) is 4.90 Å². The van der Waals surface area contributed by atoms with Crippen LogP contribution in [0.5, 0.6) is 0 Å². The van der Waals surface area contributed by atoms with Gasteiger partial charge in [0.15, 0.2) is 0 Å². The van der Waals surface area contributed by atoms with Crippen LogP contribution in [0.2, 0.25) is 0 Å². The molecule has 120 valence electrons. The van der Waals surface area contributed by atoms with E-state index in [1.807, 2.05) is 25.2 Å². The van der Waals surface area contributed by atoms with Gasteiger partial charge < -0.3 is 5.73 Å². The van der Waals surface area contributed by atoms with E-state index >= 15 is 0 Å². The molecule has 2 nitrogen and oxygen atoms in total. The van der Waals surface area contributed by atoms with Crippen molar-refractivity contribution in [1.29, 1.82) is 0 Å². The van der Waals surface area contributed by atoms with E-state index < -0.39 is 0 Å². The molecule has 0 aliphatic rings. The van der Waals surface area contributed by atoms with E-state index in [-0.39, 0.29) is 0 Å². The van der Waals surface area contributed by atoms with Crippen molar-refractivity contribution in [3.8, 4) is 0 Å². The largest absolute Gasteiger partial charge is 0.385 e. The second-order valence-electron chi connectivity index (χ2n) is 5.79. The van der Waals surface area contributed by atoms with E-state index in [4.69, 9.17) is 5.73 Å².